The van der Waals surface area contributed by atoms with E-state index in [0.29, 0.717) is 10.5 Å². The van der Waals surface area contributed by atoms with Crippen LogP contribution >= 0.6 is 11.3 Å². The molecule has 5 rings (SSSR count). The minimum atomic E-state index is -0.254. The first-order valence-corrected chi connectivity index (χ1v) is 10.1. The van der Waals surface area contributed by atoms with Gasteiger partial charge in [-0.2, -0.15) is 4.98 Å². The van der Waals surface area contributed by atoms with E-state index in [-0.39, 0.29) is 11.9 Å². The van der Waals surface area contributed by atoms with Crippen LogP contribution in [0.3, 0.4) is 0 Å². The zero-order valence-electron chi connectivity index (χ0n) is 16.0. The Bertz CT molecular complexity index is 1320. The van der Waals surface area contributed by atoms with Crippen molar-refractivity contribution in [3.63, 3.8) is 0 Å². The molecule has 5 aromatic rings. The van der Waals surface area contributed by atoms with Crippen molar-refractivity contribution in [2.24, 2.45) is 0 Å². The second kappa shape index (κ2) is 7.49. The molecule has 1 amide bonds. The smallest absolute Gasteiger partial charge is 0.258 e. The number of nitrogens with one attached hydrogen (secondary N) is 1. The standard InChI is InChI=1S/C22H17N5O2S/c1-29-18-6-4-5-16(13-18)19-14-30-22-24-21(25-27(19)22)23-20(28)15-7-9-17(10-8-15)26-11-2-3-12-26/h2-14H,1H3,(H,23,25,28). The maximum absolute atomic E-state index is 12.6. The molecule has 0 aliphatic heterocycles. The fourth-order valence-corrected chi connectivity index (χ4v) is 4.01. The van der Waals surface area contributed by atoms with E-state index in [2.05, 4.69) is 15.4 Å². The number of amides is 1. The van der Waals surface area contributed by atoms with Gasteiger partial charge in [-0.05, 0) is 48.5 Å². The second-order valence-corrected chi connectivity index (χ2v) is 7.41. The van der Waals surface area contributed by atoms with E-state index < -0.39 is 0 Å². The summed E-state index contributed by atoms with van der Waals surface area (Å²) < 4.78 is 9.01. The molecule has 3 heterocycles. The van der Waals surface area contributed by atoms with Crippen LogP contribution in [0, 0.1) is 0 Å². The Morgan fingerprint density at radius 3 is 2.63 bits per heavy atom. The molecular formula is C22H17N5O2S. The number of aromatic nitrogens is 4. The molecule has 2 aromatic carbocycles. The van der Waals surface area contributed by atoms with Crippen LogP contribution in [-0.4, -0.2) is 32.2 Å². The summed E-state index contributed by atoms with van der Waals surface area (Å²) in [4.78, 5) is 17.8. The van der Waals surface area contributed by atoms with Crippen molar-refractivity contribution in [3.8, 4) is 22.7 Å². The lowest BCUT2D eigenvalue weighted by molar-refractivity contribution is 0.102. The van der Waals surface area contributed by atoms with Gasteiger partial charge < -0.3 is 9.30 Å². The van der Waals surface area contributed by atoms with Crippen molar-refractivity contribution in [2.75, 3.05) is 12.4 Å². The number of carbonyl (C=O) groups is 1. The third-order valence-corrected chi connectivity index (χ3v) is 5.52. The topological polar surface area (TPSA) is 73.4 Å². The molecule has 148 valence electrons. The van der Waals surface area contributed by atoms with Gasteiger partial charge in [0.15, 0.2) is 0 Å². The van der Waals surface area contributed by atoms with Gasteiger partial charge in [0.2, 0.25) is 4.96 Å². The molecule has 0 unspecified atom stereocenters. The molecule has 8 heteroatoms. The molecule has 0 saturated heterocycles. The zero-order chi connectivity index (χ0) is 20.5. The summed E-state index contributed by atoms with van der Waals surface area (Å²) in [7, 11) is 1.64. The van der Waals surface area contributed by atoms with Gasteiger partial charge in [0.1, 0.15) is 5.75 Å². The number of hydrogen-bond donors (Lipinski definition) is 1. The van der Waals surface area contributed by atoms with Crippen molar-refractivity contribution in [2.45, 2.75) is 0 Å². The summed E-state index contributed by atoms with van der Waals surface area (Å²) in [6, 6.07) is 19.0. The van der Waals surface area contributed by atoms with Gasteiger partial charge >= 0.3 is 0 Å². The first-order valence-electron chi connectivity index (χ1n) is 9.25. The lowest BCUT2D eigenvalue weighted by Crippen LogP contribution is -2.13. The summed E-state index contributed by atoms with van der Waals surface area (Å²) in [5, 5.41) is 9.23. The van der Waals surface area contributed by atoms with E-state index in [1.165, 1.54) is 11.3 Å². The maximum Gasteiger partial charge on any atom is 0.258 e. The van der Waals surface area contributed by atoms with Gasteiger partial charge in [-0.3, -0.25) is 10.1 Å². The van der Waals surface area contributed by atoms with Crippen molar-refractivity contribution in [1.82, 2.24) is 19.2 Å². The Balaban J connectivity index is 1.38. The van der Waals surface area contributed by atoms with Crippen molar-refractivity contribution >= 4 is 28.2 Å². The normalized spacial score (nSPS) is 11.0. The van der Waals surface area contributed by atoms with E-state index in [9.17, 15) is 4.79 Å². The summed E-state index contributed by atoms with van der Waals surface area (Å²) in [5.41, 5.74) is 3.37. The van der Waals surface area contributed by atoms with Crippen molar-refractivity contribution in [3.05, 3.63) is 84.0 Å². The number of fused-ring (bicyclic) bond motifs is 1. The second-order valence-electron chi connectivity index (χ2n) is 6.57. The Morgan fingerprint density at radius 2 is 1.87 bits per heavy atom. The fourth-order valence-electron chi connectivity index (χ4n) is 3.18. The average molecular weight is 415 g/mol. The molecule has 7 nitrogen and oxygen atoms in total. The first kappa shape index (κ1) is 18.1. The molecule has 0 aliphatic rings. The highest BCUT2D eigenvalue weighted by Gasteiger charge is 2.15. The lowest BCUT2D eigenvalue weighted by atomic mass is 10.2. The number of ether oxygens (including phenoxy) is 1. The van der Waals surface area contributed by atoms with Crippen LogP contribution in [0.4, 0.5) is 5.95 Å². The van der Waals surface area contributed by atoms with Gasteiger partial charge in [-0.15, -0.1) is 16.4 Å². The summed E-state index contributed by atoms with van der Waals surface area (Å²) >= 11 is 1.46. The highest BCUT2D eigenvalue weighted by molar-refractivity contribution is 7.15. The molecule has 0 bridgehead atoms. The first-order chi connectivity index (χ1) is 14.7. The van der Waals surface area contributed by atoms with Gasteiger partial charge in [0.05, 0.1) is 12.8 Å². The third kappa shape index (κ3) is 3.33. The number of rotatable bonds is 5. The number of hydrogen-bond acceptors (Lipinski definition) is 5. The molecule has 0 atom stereocenters. The van der Waals surface area contributed by atoms with Gasteiger partial charge in [0, 0.05) is 34.6 Å². The highest BCUT2D eigenvalue weighted by Crippen LogP contribution is 2.28. The number of carbonyl (C=O) groups excluding carboxylic acids is 1. The number of anilines is 1. The molecule has 0 aliphatic carbocycles. The van der Waals surface area contributed by atoms with Gasteiger partial charge in [0.25, 0.3) is 11.9 Å². The fraction of sp³-hybridized carbons (Fsp3) is 0.0455. The van der Waals surface area contributed by atoms with E-state index in [0.717, 1.165) is 22.7 Å². The zero-order valence-corrected chi connectivity index (χ0v) is 16.8. The molecule has 3 aromatic heterocycles. The quantitative estimate of drug-likeness (QED) is 0.458. The van der Waals surface area contributed by atoms with E-state index >= 15 is 0 Å². The van der Waals surface area contributed by atoms with Crippen LogP contribution < -0.4 is 10.1 Å². The van der Waals surface area contributed by atoms with E-state index in [1.54, 1.807) is 23.8 Å². The molecule has 30 heavy (non-hydrogen) atoms. The van der Waals surface area contributed by atoms with Crippen LogP contribution in [0.25, 0.3) is 21.9 Å². The molecule has 1 N–H and O–H groups in total. The Morgan fingerprint density at radius 1 is 1.07 bits per heavy atom. The van der Waals surface area contributed by atoms with Crippen LogP contribution in [0.15, 0.2) is 78.4 Å². The third-order valence-electron chi connectivity index (χ3n) is 4.70. The number of methoxy groups -OCH3 is 1. The minimum Gasteiger partial charge on any atom is -0.497 e. The Hall–Kier alpha value is -3.91. The lowest BCUT2D eigenvalue weighted by Gasteiger charge is -2.05. The number of benzene rings is 2. The van der Waals surface area contributed by atoms with Gasteiger partial charge in [-0.25, -0.2) is 4.52 Å². The molecule has 0 radical (unpaired) electrons. The molecule has 0 saturated carbocycles. The summed E-state index contributed by atoms with van der Waals surface area (Å²) in [5.74, 6) is 0.782. The monoisotopic (exact) mass is 415 g/mol. The molecule has 0 spiro atoms. The maximum atomic E-state index is 12.6. The SMILES string of the molecule is COc1cccc(-c2csc3nc(NC(=O)c4ccc(-n5cccc5)cc4)nn23)c1. The summed E-state index contributed by atoms with van der Waals surface area (Å²) in [6.45, 7) is 0. The molecular weight excluding hydrogens is 398 g/mol. The predicted octanol–water partition coefficient (Wildman–Crippen LogP) is 4.51. The predicted molar refractivity (Wildman–Crippen MR) is 117 cm³/mol. The van der Waals surface area contributed by atoms with Crippen molar-refractivity contribution < 1.29 is 9.53 Å². The molecule has 0 fully saturated rings. The van der Waals surface area contributed by atoms with E-state index in [1.807, 2.05) is 70.9 Å². The summed E-state index contributed by atoms with van der Waals surface area (Å²) in [6.07, 6.45) is 3.91. The van der Waals surface area contributed by atoms with Crippen LogP contribution in [0.5, 0.6) is 5.75 Å². The highest BCUT2D eigenvalue weighted by atomic mass is 32.1. The number of nitrogens with zero attached hydrogens (tertiary/aromatic N) is 4. The minimum absolute atomic E-state index is 0.254. The Labute approximate surface area is 176 Å². The number of thiazole rings is 1. The van der Waals surface area contributed by atoms with Crippen LogP contribution in [0.2, 0.25) is 0 Å². The van der Waals surface area contributed by atoms with Crippen molar-refractivity contribution in [1.29, 1.82) is 0 Å². The van der Waals surface area contributed by atoms with Crippen LogP contribution in [0.1, 0.15) is 10.4 Å². The van der Waals surface area contributed by atoms with Gasteiger partial charge in [-0.1, -0.05) is 12.1 Å². The van der Waals surface area contributed by atoms with Crippen LogP contribution in [-0.2, 0) is 0 Å². The van der Waals surface area contributed by atoms with E-state index in [4.69, 9.17) is 4.74 Å². The average Bonchev–Trinajstić information content (AvgIpc) is 3.51. The largest absolute Gasteiger partial charge is 0.497 e. The Kier molecular flexibility index (Phi) is 4.53.